The fraction of sp³-hybridized carbons (Fsp3) is 0.500. The van der Waals surface area contributed by atoms with Crippen LogP contribution in [0.3, 0.4) is 0 Å². The molecule has 3 N–H and O–H groups in total. The third kappa shape index (κ3) is 4.11. The van der Waals surface area contributed by atoms with E-state index in [2.05, 4.69) is 5.32 Å². The molecule has 0 unspecified atom stereocenters. The number of hydrogen-bond acceptors (Lipinski definition) is 2. The number of carbonyl (C=O) groups excluding carboxylic acids is 1. The van der Waals surface area contributed by atoms with E-state index in [9.17, 15) is 9.18 Å². The molecule has 0 fully saturated rings. The number of nitrogens with two attached hydrogens (primary N) is 1. The molecule has 4 heteroatoms. The van der Waals surface area contributed by atoms with Gasteiger partial charge in [-0.1, -0.05) is 32.0 Å². The second kappa shape index (κ2) is 6.50. The van der Waals surface area contributed by atoms with Gasteiger partial charge < -0.3 is 11.1 Å². The van der Waals surface area contributed by atoms with Gasteiger partial charge in [-0.2, -0.15) is 0 Å². The monoisotopic (exact) mass is 252 g/mol. The van der Waals surface area contributed by atoms with Crippen LogP contribution < -0.4 is 11.1 Å². The smallest absolute Gasteiger partial charge is 0.220 e. The summed E-state index contributed by atoms with van der Waals surface area (Å²) < 4.78 is 13.7. The second-order valence-electron chi connectivity index (χ2n) is 5.03. The quantitative estimate of drug-likeness (QED) is 0.813. The van der Waals surface area contributed by atoms with E-state index in [1.54, 1.807) is 18.2 Å². The topological polar surface area (TPSA) is 55.1 Å². The summed E-state index contributed by atoms with van der Waals surface area (Å²) in [5, 5.41) is 2.82. The van der Waals surface area contributed by atoms with E-state index < -0.39 is 5.41 Å². The maximum Gasteiger partial charge on any atom is 0.220 e. The summed E-state index contributed by atoms with van der Waals surface area (Å²) in [5.41, 5.74) is 5.53. The molecular formula is C14H21FN2O. The maximum absolute atomic E-state index is 13.7. The lowest BCUT2D eigenvalue weighted by molar-refractivity contribution is -0.121. The Morgan fingerprint density at radius 1 is 1.39 bits per heavy atom. The van der Waals surface area contributed by atoms with Gasteiger partial charge in [-0.25, -0.2) is 4.39 Å². The van der Waals surface area contributed by atoms with Crippen LogP contribution in [-0.4, -0.2) is 19.0 Å². The molecule has 0 atom stereocenters. The van der Waals surface area contributed by atoms with Crippen molar-refractivity contribution in [2.45, 2.75) is 32.1 Å². The van der Waals surface area contributed by atoms with Crippen molar-refractivity contribution in [1.29, 1.82) is 0 Å². The largest absolute Gasteiger partial charge is 0.355 e. The molecule has 1 amide bonds. The number of rotatable bonds is 6. The van der Waals surface area contributed by atoms with Crippen molar-refractivity contribution in [3.05, 3.63) is 35.6 Å². The number of benzene rings is 1. The zero-order chi connectivity index (χ0) is 13.6. The van der Waals surface area contributed by atoms with Gasteiger partial charge in [0.1, 0.15) is 5.82 Å². The van der Waals surface area contributed by atoms with Crippen LogP contribution in [0.1, 0.15) is 32.3 Å². The van der Waals surface area contributed by atoms with E-state index in [-0.39, 0.29) is 11.7 Å². The molecule has 0 radical (unpaired) electrons. The second-order valence-corrected chi connectivity index (χ2v) is 5.03. The Morgan fingerprint density at radius 2 is 2.06 bits per heavy atom. The van der Waals surface area contributed by atoms with Crippen molar-refractivity contribution < 1.29 is 9.18 Å². The summed E-state index contributed by atoms with van der Waals surface area (Å²) in [6.45, 7) is 4.74. The van der Waals surface area contributed by atoms with Crippen molar-refractivity contribution in [3.63, 3.8) is 0 Å². The first-order valence-corrected chi connectivity index (χ1v) is 6.19. The zero-order valence-electron chi connectivity index (χ0n) is 11.0. The molecule has 0 saturated carbocycles. The fourth-order valence-corrected chi connectivity index (χ4v) is 1.78. The Hall–Kier alpha value is -1.42. The Kier molecular flexibility index (Phi) is 5.28. The van der Waals surface area contributed by atoms with Gasteiger partial charge in [0.25, 0.3) is 0 Å². The summed E-state index contributed by atoms with van der Waals surface area (Å²) in [6, 6.07) is 6.65. The molecule has 0 bridgehead atoms. The highest BCUT2D eigenvalue weighted by Crippen LogP contribution is 2.24. The Balaban J connectivity index is 2.60. The third-order valence-corrected chi connectivity index (χ3v) is 2.94. The van der Waals surface area contributed by atoms with Crippen molar-refractivity contribution in [2.75, 3.05) is 13.1 Å². The summed E-state index contributed by atoms with van der Waals surface area (Å²) in [4.78, 5) is 11.5. The zero-order valence-corrected chi connectivity index (χ0v) is 11.0. The van der Waals surface area contributed by atoms with E-state index in [0.29, 0.717) is 31.5 Å². The summed E-state index contributed by atoms with van der Waals surface area (Å²) >= 11 is 0. The summed E-state index contributed by atoms with van der Waals surface area (Å²) in [6.07, 6.45) is 1.09. The van der Waals surface area contributed by atoms with Gasteiger partial charge in [0.05, 0.1) is 0 Å². The lowest BCUT2D eigenvalue weighted by atomic mass is 9.84. The molecule has 0 saturated heterocycles. The minimum atomic E-state index is -0.427. The highest BCUT2D eigenvalue weighted by Gasteiger charge is 2.24. The highest BCUT2D eigenvalue weighted by atomic mass is 19.1. The Morgan fingerprint density at radius 3 is 2.67 bits per heavy atom. The van der Waals surface area contributed by atoms with Gasteiger partial charge in [0, 0.05) is 18.4 Å². The first-order chi connectivity index (χ1) is 8.47. The number of nitrogens with one attached hydrogen (secondary N) is 1. The molecular weight excluding hydrogens is 231 g/mol. The van der Waals surface area contributed by atoms with Gasteiger partial charge in [0.2, 0.25) is 5.91 Å². The molecule has 1 rings (SSSR count). The van der Waals surface area contributed by atoms with Crippen molar-refractivity contribution >= 4 is 5.91 Å². The molecule has 3 nitrogen and oxygen atoms in total. The first-order valence-electron chi connectivity index (χ1n) is 6.19. The molecule has 18 heavy (non-hydrogen) atoms. The van der Waals surface area contributed by atoms with Crippen LogP contribution in [0.2, 0.25) is 0 Å². The lowest BCUT2D eigenvalue weighted by Crippen LogP contribution is -2.37. The molecule has 100 valence electrons. The first kappa shape index (κ1) is 14.6. The number of halogens is 1. The molecule has 0 aliphatic heterocycles. The van der Waals surface area contributed by atoms with Crippen LogP contribution in [0.15, 0.2) is 24.3 Å². The molecule has 0 heterocycles. The number of amides is 1. The number of carbonyl (C=O) groups is 1. The van der Waals surface area contributed by atoms with Crippen molar-refractivity contribution in [3.8, 4) is 0 Å². The minimum Gasteiger partial charge on any atom is -0.355 e. The maximum atomic E-state index is 13.7. The lowest BCUT2D eigenvalue weighted by Gasteiger charge is -2.26. The van der Waals surface area contributed by atoms with E-state index in [0.717, 1.165) is 0 Å². The van der Waals surface area contributed by atoms with Crippen LogP contribution in [0.4, 0.5) is 4.39 Å². The van der Waals surface area contributed by atoms with Crippen LogP contribution in [0, 0.1) is 5.82 Å². The summed E-state index contributed by atoms with van der Waals surface area (Å²) in [7, 11) is 0. The molecule has 1 aromatic carbocycles. The molecule has 0 aliphatic carbocycles. The minimum absolute atomic E-state index is 0.0372. The van der Waals surface area contributed by atoms with Gasteiger partial charge in [-0.05, 0) is 24.6 Å². The summed E-state index contributed by atoms with van der Waals surface area (Å²) in [5.74, 6) is -0.274. The van der Waals surface area contributed by atoms with Crippen LogP contribution >= 0.6 is 0 Å². The SMILES string of the molecule is CC(C)(CNC(=O)CCCN)c1ccccc1F. The molecule has 0 spiro atoms. The van der Waals surface area contributed by atoms with E-state index in [1.165, 1.54) is 6.07 Å². The van der Waals surface area contributed by atoms with Crippen LogP contribution in [0.25, 0.3) is 0 Å². The highest BCUT2D eigenvalue weighted by molar-refractivity contribution is 5.75. The normalized spacial score (nSPS) is 11.3. The average molecular weight is 252 g/mol. The van der Waals surface area contributed by atoms with Crippen LogP contribution in [-0.2, 0) is 10.2 Å². The van der Waals surface area contributed by atoms with E-state index in [1.807, 2.05) is 13.8 Å². The molecule has 1 aromatic rings. The Bertz CT molecular complexity index is 405. The molecule has 0 aliphatic rings. The Labute approximate surface area is 108 Å². The average Bonchev–Trinajstić information content (AvgIpc) is 2.34. The van der Waals surface area contributed by atoms with E-state index >= 15 is 0 Å². The van der Waals surface area contributed by atoms with Gasteiger partial charge >= 0.3 is 0 Å². The van der Waals surface area contributed by atoms with Gasteiger partial charge in [-0.15, -0.1) is 0 Å². The van der Waals surface area contributed by atoms with Crippen molar-refractivity contribution in [2.24, 2.45) is 5.73 Å². The van der Waals surface area contributed by atoms with Crippen molar-refractivity contribution in [1.82, 2.24) is 5.32 Å². The van der Waals surface area contributed by atoms with Crippen LogP contribution in [0.5, 0.6) is 0 Å². The van der Waals surface area contributed by atoms with Gasteiger partial charge in [0.15, 0.2) is 0 Å². The fourth-order valence-electron chi connectivity index (χ4n) is 1.78. The predicted molar refractivity (Wildman–Crippen MR) is 70.7 cm³/mol. The predicted octanol–water partition coefficient (Wildman–Crippen LogP) is 1.96. The standard InChI is InChI=1S/C14H21FN2O/c1-14(2,10-17-13(18)8-5-9-16)11-6-3-4-7-12(11)15/h3-4,6-7H,5,8-10,16H2,1-2H3,(H,17,18). The molecule has 0 aromatic heterocycles. The van der Waals surface area contributed by atoms with E-state index in [4.69, 9.17) is 5.73 Å². The van der Waals surface area contributed by atoms with Gasteiger partial charge in [-0.3, -0.25) is 4.79 Å². The number of hydrogen-bond donors (Lipinski definition) is 2. The third-order valence-electron chi connectivity index (χ3n) is 2.94.